The zero-order valence-corrected chi connectivity index (χ0v) is 20.1. The van der Waals surface area contributed by atoms with Gasteiger partial charge in [-0.3, -0.25) is 14.5 Å². The van der Waals surface area contributed by atoms with E-state index < -0.39 is 0 Å². The smallest absolute Gasteiger partial charge is 0.278 e. The van der Waals surface area contributed by atoms with Crippen LogP contribution in [0.5, 0.6) is 11.5 Å². The fourth-order valence-electron chi connectivity index (χ4n) is 4.30. The molecule has 6 nitrogen and oxygen atoms in total. The Morgan fingerprint density at radius 3 is 2.18 bits per heavy atom. The minimum Gasteiger partial charge on any atom is -0.493 e. The molecule has 4 rings (SSSR count). The van der Waals surface area contributed by atoms with E-state index in [1.165, 1.54) is 4.90 Å². The molecule has 0 atom stereocenters. The first kappa shape index (κ1) is 23.1. The number of imide groups is 1. The van der Waals surface area contributed by atoms with Crippen LogP contribution in [-0.2, 0) is 16.1 Å². The van der Waals surface area contributed by atoms with E-state index in [0.717, 1.165) is 27.9 Å². The largest absolute Gasteiger partial charge is 0.493 e. The van der Waals surface area contributed by atoms with Gasteiger partial charge in [0.05, 0.1) is 26.3 Å². The number of likely N-dealkylation sites (N-methyl/N-ethyl adjacent to an activating group) is 1. The van der Waals surface area contributed by atoms with Crippen molar-refractivity contribution in [2.24, 2.45) is 0 Å². The average Bonchev–Trinajstić information content (AvgIpc) is 3.08. The highest BCUT2D eigenvalue weighted by Gasteiger charge is 2.41. The van der Waals surface area contributed by atoms with E-state index in [1.54, 1.807) is 31.3 Å². The maximum absolute atomic E-state index is 13.7. The van der Waals surface area contributed by atoms with E-state index in [9.17, 15) is 9.59 Å². The fourth-order valence-corrected chi connectivity index (χ4v) is 4.30. The molecule has 0 N–H and O–H groups in total. The van der Waals surface area contributed by atoms with Crippen molar-refractivity contribution >= 4 is 23.1 Å². The lowest BCUT2D eigenvalue weighted by Crippen LogP contribution is -2.33. The van der Waals surface area contributed by atoms with Gasteiger partial charge in [-0.15, -0.1) is 0 Å². The zero-order chi connectivity index (χ0) is 24.4. The average molecular weight is 457 g/mol. The predicted octanol–water partition coefficient (Wildman–Crippen LogP) is 4.74. The van der Waals surface area contributed by atoms with Gasteiger partial charge in [-0.1, -0.05) is 48.0 Å². The van der Waals surface area contributed by atoms with Gasteiger partial charge >= 0.3 is 0 Å². The summed E-state index contributed by atoms with van der Waals surface area (Å²) in [6.45, 7) is 4.09. The molecular weight excluding hydrogens is 428 g/mol. The van der Waals surface area contributed by atoms with E-state index in [2.05, 4.69) is 0 Å². The number of para-hydroxylation sites is 1. The molecule has 0 radical (unpaired) electrons. The number of carbonyl (C=O) groups excluding carboxylic acids is 2. The van der Waals surface area contributed by atoms with E-state index >= 15 is 0 Å². The summed E-state index contributed by atoms with van der Waals surface area (Å²) in [5.41, 5.74) is 5.17. The van der Waals surface area contributed by atoms with Crippen LogP contribution in [-0.4, -0.2) is 38.0 Å². The van der Waals surface area contributed by atoms with Gasteiger partial charge in [0.15, 0.2) is 11.5 Å². The van der Waals surface area contributed by atoms with Crippen LogP contribution in [0.2, 0.25) is 0 Å². The Hall–Kier alpha value is -4.06. The van der Waals surface area contributed by atoms with Gasteiger partial charge < -0.3 is 14.4 Å². The lowest BCUT2D eigenvalue weighted by molar-refractivity contribution is -0.137. The van der Waals surface area contributed by atoms with Crippen molar-refractivity contribution in [3.05, 3.63) is 94.7 Å². The fraction of sp³-hybridized carbons (Fsp3) is 0.214. The van der Waals surface area contributed by atoms with E-state index in [0.29, 0.717) is 22.8 Å². The van der Waals surface area contributed by atoms with Crippen LogP contribution < -0.4 is 14.4 Å². The van der Waals surface area contributed by atoms with Crippen LogP contribution in [0.3, 0.4) is 0 Å². The number of methoxy groups -OCH3 is 2. The van der Waals surface area contributed by atoms with Crippen molar-refractivity contribution in [3.8, 4) is 11.5 Å². The summed E-state index contributed by atoms with van der Waals surface area (Å²) in [5.74, 6) is 0.484. The monoisotopic (exact) mass is 456 g/mol. The van der Waals surface area contributed by atoms with Gasteiger partial charge in [0.2, 0.25) is 0 Å². The third-order valence-electron chi connectivity index (χ3n) is 6.06. The number of hydrogen-bond acceptors (Lipinski definition) is 5. The van der Waals surface area contributed by atoms with Crippen LogP contribution in [0, 0.1) is 13.8 Å². The number of hydrogen-bond donors (Lipinski definition) is 0. The Bertz CT molecular complexity index is 1280. The molecule has 2 amide bonds. The number of benzene rings is 3. The van der Waals surface area contributed by atoms with Crippen molar-refractivity contribution < 1.29 is 19.1 Å². The predicted molar refractivity (Wildman–Crippen MR) is 133 cm³/mol. The quantitative estimate of drug-likeness (QED) is 0.481. The molecule has 0 unspecified atom stereocenters. The lowest BCUT2D eigenvalue weighted by Gasteiger charge is -2.22. The summed E-state index contributed by atoms with van der Waals surface area (Å²) >= 11 is 0. The maximum atomic E-state index is 13.7. The molecule has 6 heteroatoms. The number of aryl methyl sites for hydroxylation is 2. The van der Waals surface area contributed by atoms with Crippen molar-refractivity contribution in [2.75, 3.05) is 26.2 Å². The van der Waals surface area contributed by atoms with E-state index in [1.807, 2.05) is 75.5 Å². The second-order valence-corrected chi connectivity index (χ2v) is 8.32. The SMILES string of the molecule is COc1ccc(CN2C(=O)C(c3ccc(C)cc3C)=C(N(C)c3ccccc3)C2=O)cc1OC. The molecule has 1 heterocycles. The molecule has 0 bridgehead atoms. The Morgan fingerprint density at radius 1 is 0.824 bits per heavy atom. The van der Waals surface area contributed by atoms with E-state index in [4.69, 9.17) is 9.47 Å². The molecule has 1 aliphatic heterocycles. The summed E-state index contributed by atoms with van der Waals surface area (Å²) in [6.07, 6.45) is 0. The number of nitrogens with zero attached hydrogens (tertiary/aromatic N) is 2. The molecule has 1 aliphatic rings. The van der Waals surface area contributed by atoms with Gasteiger partial charge in [-0.05, 0) is 54.8 Å². The van der Waals surface area contributed by atoms with Crippen molar-refractivity contribution in [1.29, 1.82) is 0 Å². The Labute approximate surface area is 200 Å². The molecule has 3 aromatic rings. The third kappa shape index (κ3) is 4.15. The van der Waals surface area contributed by atoms with Gasteiger partial charge in [0, 0.05) is 12.7 Å². The molecule has 0 spiro atoms. The van der Waals surface area contributed by atoms with Gasteiger partial charge in [0.25, 0.3) is 11.8 Å². The number of ether oxygens (including phenoxy) is 2. The van der Waals surface area contributed by atoms with Gasteiger partial charge in [0.1, 0.15) is 5.70 Å². The first-order valence-electron chi connectivity index (χ1n) is 11.0. The summed E-state index contributed by atoms with van der Waals surface area (Å²) in [7, 11) is 4.94. The van der Waals surface area contributed by atoms with E-state index in [-0.39, 0.29) is 18.4 Å². The molecule has 0 saturated carbocycles. The molecule has 34 heavy (non-hydrogen) atoms. The minimum atomic E-state index is -0.332. The van der Waals surface area contributed by atoms with Crippen LogP contribution in [0.1, 0.15) is 22.3 Å². The van der Waals surface area contributed by atoms with Crippen molar-refractivity contribution in [1.82, 2.24) is 4.90 Å². The van der Waals surface area contributed by atoms with Crippen molar-refractivity contribution in [2.45, 2.75) is 20.4 Å². The second-order valence-electron chi connectivity index (χ2n) is 8.32. The number of anilines is 1. The van der Waals surface area contributed by atoms with Gasteiger partial charge in [-0.25, -0.2) is 0 Å². The second kappa shape index (κ2) is 9.43. The molecule has 0 aromatic heterocycles. The summed E-state index contributed by atoms with van der Waals surface area (Å²) in [5, 5.41) is 0. The third-order valence-corrected chi connectivity index (χ3v) is 6.06. The van der Waals surface area contributed by atoms with Crippen LogP contribution in [0.4, 0.5) is 5.69 Å². The molecule has 0 saturated heterocycles. The molecule has 0 aliphatic carbocycles. The molecular formula is C28H28N2O4. The maximum Gasteiger partial charge on any atom is 0.278 e. The highest BCUT2D eigenvalue weighted by molar-refractivity contribution is 6.36. The topological polar surface area (TPSA) is 59.1 Å². The van der Waals surface area contributed by atoms with Gasteiger partial charge in [-0.2, -0.15) is 0 Å². The molecule has 174 valence electrons. The number of rotatable bonds is 7. The first-order chi connectivity index (χ1) is 16.3. The standard InChI is InChI=1S/C28H28N2O4/c1-18-11-13-22(19(2)15-18)25-26(29(3)21-9-7-6-8-10-21)28(32)30(27(25)31)17-20-12-14-23(33-4)24(16-20)34-5/h6-16H,17H2,1-5H3. The van der Waals surface area contributed by atoms with Crippen LogP contribution in [0.15, 0.2) is 72.4 Å². The van der Waals surface area contributed by atoms with Crippen LogP contribution in [0.25, 0.3) is 5.57 Å². The normalized spacial score (nSPS) is 13.5. The minimum absolute atomic E-state index is 0.124. The molecule has 0 fully saturated rings. The Kier molecular flexibility index (Phi) is 6.41. The highest BCUT2D eigenvalue weighted by Crippen LogP contribution is 2.36. The molecule has 3 aromatic carbocycles. The number of amides is 2. The Balaban J connectivity index is 1.79. The summed E-state index contributed by atoms with van der Waals surface area (Å²) in [6, 6.07) is 20.9. The van der Waals surface area contributed by atoms with Crippen LogP contribution >= 0.6 is 0 Å². The number of carbonyl (C=O) groups is 2. The summed E-state index contributed by atoms with van der Waals surface area (Å²) in [4.78, 5) is 30.6. The first-order valence-corrected chi connectivity index (χ1v) is 11.0. The van der Waals surface area contributed by atoms with Crippen molar-refractivity contribution in [3.63, 3.8) is 0 Å². The lowest BCUT2D eigenvalue weighted by atomic mass is 9.97. The Morgan fingerprint density at radius 2 is 1.53 bits per heavy atom. The summed E-state index contributed by atoms with van der Waals surface area (Å²) < 4.78 is 10.7. The highest BCUT2D eigenvalue weighted by atomic mass is 16.5. The zero-order valence-electron chi connectivity index (χ0n) is 20.1.